The lowest BCUT2D eigenvalue weighted by atomic mass is 10.1. The van der Waals surface area contributed by atoms with Gasteiger partial charge in [0.1, 0.15) is 24.1 Å². The molecule has 7 heteroatoms. The number of rotatable bonds is 8. The predicted octanol–water partition coefficient (Wildman–Crippen LogP) is 2.17. The van der Waals surface area contributed by atoms with E-state index in [1.54, 1.807) is 24.3 Å². The number of anilines is 2. The second kappa shape index (κ2) is 8.23. The van der Waals surface area contributed by atoms with Gasteiger partial charge >= 0.3 is 7.69 Å². The molecule has 0 aliphatic carbocycles. The highest BCUT2D eigenvalue weighted by Gasteiger charge is 2.12. The number of nitrogens with zero attached hydrogens (tertiary/aromatic N) is 2. The summed E-state index contributed by atoms with van der Waals surface area (Å²) in [5.41, 5.74) is 2.72. The maximum atomic E-state index is 11.0. The first-order valence-corrected chi connectivity index (χ1v) is 7.75. The lowest BCUT2D eigenvalue weighted by molar-refractivity contribution is 0.111. The Hall–Kier alpha value is -2.96. The molecule has 130 valence electrons. The Morgan fingerprint density at radius 2 is 1.16 bits per heavy atom. The van der Waals surface area contributed by atoms with E-state index in [0.29, 0.717) is 22.6 Å². The quantitative estimate of drug-likeness (QED) is 0.542. The first-order valence-electron chi connectivity index (χ1n) is 7.75. The van der Waals surface area contributed by atoms with Crippen LogP contribution in [0.1, 0.15) is 20.7 Å². The predicted molar refractivity (Wildman–Crippen MR) is 101 cm³/mol. The molecule has 2 aromatic carbocycles. The zero-order valence-corrected chi connectivity index (χ0v) is 14.9. The van der Waals surface area contributed by atoms with Crippen molar-refractivity contribution in [1.29, 1.82) is 0 Å². The summed E-state index contributed by atoms with van der Waals surface area (Å²) < 4.78 is 11.4. The third-order valence-corrected chi connectivity index (χ3v) is 3.63. The number of carbonyl (C=O) groups excluding carboxylic acids is 2. The van der Waals surface area contributed by atoms with E-state index in [0.717, 1.165) is 23.9 Å². The minimum Gasteiger partial charge on any atom is -0.527 e. The van der Waals surface area contributed by atoms with Gasteiger partial charge in [-0.2, -0.15) is 0 Å². The summed E-state index contributed by atoms with van der Waals surface area (Å²) >= 11 is 0. The van der Waals surface area contributed by atoms with Crippen LogP contribution in [0.2, 0.25) is 0 Å². The summed E-state index contributed by atoms with van der Waals surface area (Å²) in [6.07, 6.45) is 1.54. The van der Waals surface area contributed by atoms with Crippen molar-refractivity contribution in [2.45, 2.75) is 0 Å². The fraction of sp³-hybridized carbons (Fsp3) is 0.222. The maximum absolute atomic E-state index is 11.0. The van der Waals surface area contributed by atoms with Crippen LogP contribution in [0.4, 0.5) is 11.4 Å². The molecule has 0 bridgehead atoms. The van der Waals surface area contributed by atoms with Crippen LogP contribution in [0.25, 0.3) is 0 Å². The minimum absolute atomic E-state index is 0.0493. The van der Waals surface area contributed by atoms with Crippen molar-refractivity contribution in [3.63, 3.8) is 0 Å². The van der Waals surface area contributed by atoms with Crippen molar-refractivity contribution < 1.29 is 18.9 Å². The second-order valence-electron chi connectivity index (χ2n) is 5.89. The molecule has 0 amide bonds. The number of carbonyl (C=O) groups is 2. The molecule has 0 aliphatic rings. The molecular formula is C18H21BN2O4. The van der Waals surface area contributed by atoms with Gasteiger partial charge in [-0.25, -0.2) is 0 Å². The van der Waals surface area contributed by atoms with Crippen LogP contribution in [-0.2, 0) is 0 Å². The van der Waals surface area contributed by atoms with E-state index in [-0.39, 0.29) is 7.69 Å². The number of hydrogen-bond acceptors (Lipinski definition) is 6. The Balaban J connectivity index is 2.18. The largest absolute Gasteiger partial charge is 0.576 e. The van der Waals surface area contributed by atoms with Crippen molar-refractivity contribution in [3.8, 4) is 11.5 Å². The molecule has 0 saturated heterocycles. The summed E-state index contributed by atoms with van der Waals surface area (Å²) in [6.45, 7) is 0. The van der Waals surface area contributed by atoms with Gasteiger partial charge in [0.25, 0.3) is 0 Å². The molecule has 2 rings (SSSR count). The van der Waals surface area contributed by atoms with Gasteiger partial charge in [-0.1, -0.05) is 0 Å². The van der Waals surface area contributed by atoms with Gasteiger partial charge in [0.2, 0.25) is 0 Å². The summed E-state index contributed by atoms with van der Waals surface area (Å²) in [5.74, 6) is 1.10. The molecule has 0 spiro atoms. The van der Waals surface area contributed by atoms with E-state index in [2.05, 4.69) is 0 Å². The highest BCUT2D eigenvalue weighted by Crippen LogP contribution is 2.30. The van der Waals surface area contributed by atoms with Crippen LogP contribution in [0.15, 0.2) is 36.4 Å². The molecule has 2 aromatic rings. The van der Waals surface area contributed by atoms with Gasteiger partial charge in [-0.3, -0.25) is 9.59 Å². The van der Waals surface area contributed by atoms with E-state index in [1.165, 1.54) is 0 Å². The summed E-state index contributed by atoms with van der Waals surface area (Å²) in [4.78, 5) is 25.8. The van der Waals surface area contributed by atoms with Gasteiger partial charge < -0.3 is 19.1 Å². The SMILES string of the molecule is CN(C)c1ccc(C=O)cc1OBOc1cc(C=O)ccc1N(C)C. The lowest BCUT2D eigenvalue weighted by Gasteiger charge is -2.20. The molecule has 0 heterocycles. The molecule has 0 fully saturated rings. The van der Waals surface area contributed by atoms with E-state index < -0.39 is 0 Å². The van der Waals surface area contributed by atoms with Crippen molar-refractivity contribution in [3.05, 3.63) is 47.5 Å². The Bertz CT molecular complexity index is 699. The Labute approximate surface area is 148 Å². The Morgan fingerprint density at radius 1 is 0.760 bits per heavy atom. The average Bonchev–Trinajstić information content (AvgIpc) is 2.60. The van der Waals surface area contributed by atoms with Crippen LogP contribution >= 0.6 is 0 Å². The Morgan fingerprint density at radius 3 is 1.48 bits per heavy atom. The third-order valence-electron chi connectivity index (χ3n) is 3.63. The first kappa shape index (κ1) is 18.4. The summed E-state index contributed by atoms with van der Waals surface area (Å²) in [7, 11) is 7.51. The van der Waals surface area contributed by atoms with Gasteiger partial charge in [0.15, 0.2) is 0 Å². The molecular weight excluding hydrogens is 319 g/mol. The number of aldehydes is 2. The zero-order chi connectivity index (χ0) is 18.4. The lowest BCUT2D eigenvalue weighted by Crippen LogP contribution is -2.17. The molecule has 25 heavy (non-hydrogen) atoms. The third kappa shape index (κ3) is 4.53. The van der Waals surface area contributed by atoms with E-state index in [9.17, 15) is 9.59 Å². The summed E-state index contributed by atoms with van der Waals surface area (Å²) in [6, 6.07) is 10.4. The molecule has 0 atom stereocenters. The molecule has 0 aromatic heterocycles. The highest BCUT2D eigenvalue weighted by atomic mass is 16.6. The van der Waals surface area contributed by atoms with Crippen LogP contribution in [-0.4, -0.2) is 48.4 Å². The van der Waals surface area contributed by atoms with Crippen molar-refractivity contribution >= 4 is 31.6 Å². The van der Waals surface area contributed by atoms with Crippen molar-refractivity contribution in [2.24, 2.45) is 0 Å². The molecule has 0 N–H and O–H groups in total. The number of hydrogen-bond donors (Lipinski definition) is 0. The maximum Gasteiger partial charge on any atom is 0.576 e. The van der Waals surface area contributed by atoms with Crippen LogP contribution in [0, 0.1) is 0 Å². The van der Waals surface area contributed by atoms with Crippen LogP contribution in [0.3, 0.4) is 0 Å². The van der Waals surface area contributed by atoms with Gasteiger partial charge in [-0.15, -0.1) is 0 Å². The van der Waals surface area contributed by atoms with Crippen molar-refractivity contribution in [2.75, 3.05) is 38.0 Å². The number of benzene rings is 2. The van der Waals surface area contributed by atoms with Crippen LogP contribution < -0.4 is 19.1 Å². The monoisotopic (exact) mass is 340 g/mol. The van der Waals surface area contributed by atoms with Gasteiger partial charge in [-0.05, 0) is 36.4 Å². The molecule has 0 radical (unpaired) electrons. The van der Waals surface area contributed by atoms with E-state index in [1.807, 2.05) is 50.1 Å². The zero-order valence-electron chi connectivity index (χ0n) is 14.9. The first-order chi connectivity index (χ1) is 12.0. The van der Waals surface area contributed by atoms with E-state index >= 15 is 0 Å². The molecule has 0 saturated carbocycles. The minimum atomic E-state index is -0.0493. The fourth-order valence-corrected chi connectivity index (χ4v) is 2.33. The van der Waals surface area contributed by atoms with Crippen molar-refractivity contribution in [1.82, 2.24) is 0 Å². The highest BCUT2D eigenvalue weighted by molar-refractivity contribution is 6.21. The molecule has 0 unspecified atom stereocenters. The smallest absolute Gasteiger partial charge is 0.527 e. The van der Waals surface area contributed by atoms with Crippen LogP contribution in [0.5, 0.6) is 11.5 Å². The Kier molecular flexibility index (Phi) is 6.06. The van der Waals surface area contributed by atoms with E-state index in [4.69, 9.17) is 9.31 Å². The second-order valence-corrected chi connectivity index (χ2v) is 5.89. The normalized spacial score (nSPS) is 9.92. The standard InChI is InChI=1S/C18H21BN2O4/c1-20(2)15-7-5-13(11-22)9-17(15)24-19-25-18-10-14(12-23)6-8-16(18)21(3)4/h5-12,19H,1-4H3. The fourth-order valence-electron chi connectivity index (χ4n) is 2.33. The summed E-state index contributed by atoms with van der Waals surface area (Å²) in [5, 5.41) is 0. The average molecular weight is 340 g/mol. The molecule has 6 nitrogen and oxygen atoms in total. The molecule has 0 aliphatic heterocycles. The topological polar surface area (TPSA) is 59.1 Å². The van der Waals surface area contributed by atoms with Gasteiger partial charge in [0.05, 0.1) is 11.4 Å². The van der Waals surface area contributed by atoms with Gasteiger partial charge in [0, 0.05) is 39.3 Å².